The highest BCUT2D eigenvalue weighted by molar-refractivity contribution is 7.90. The van der Waals surface area contributed by atoms with Gasteiger partial charge in [-0.2, -0.15) is 0 Å². The smallest absolute Gasteiger partial charge is 0.261 e. The van der Waals surface area contributed by atoms with Gasteiger partial charge in [-0.05, 0) is 29.8 Å². The largest absolute Gasteiger partial charge is 0.313 e. The van der Waals surface area contributed by atoms with Gasteiger partial charge >= 0.3 is 0 Å². The number of sulfone groups is 1. The lowest BCUT2D eigenvalue weighted by atomic mass is 10.0. The molecule has 0 atom stereocenters. The molecule has 0 radical (unpaired) electrons. The number of benzene rings is 2. The third-order valence-electron chi connectivity index (χ3n) is 3.34. The molecular weight excluding hydrogens is 307 g/mol. The minimum Gasteiger partial charge on any atom is -0.313 e. The zero-order chi connectivity index (χ0) is 15.9. The van der Waals surface area contributed by atoms with Crippen LogP contribution in [0.1, 0.15) is 0 Å². The minimum absolute atomic E-state index is 0.118. The molecule has 0 fully saturated rings. The lowest BCUT2D eigenvalue weighted by Gasteiger charge is -2.07. The van der Waals surface area contributed by atoms with Crippen LogP contribution < -0.4 is 5.56 Å². The molecule has 0 spiro atoms. The molecule has 0 aliphatic rings. The van der Waals surface area contributed by atoms with Crippen molar-refractivity contribution < 1.29 is 12.8 Å². The molecule has 5 nitrogen and oxygen atoms in total. The SMILES string of the molecule is CS(=O)(=O)c1ccc(-c2ccc(F)c3c(=O)[nH]cnc23)cc1. The highest BCUT2D eigenvalue weighted by Gasteiger charge is 2.13. The van der Waals surface area contributed by atoms with E-state index in [0.29, 0.717) is 11.1 Å². The Balaban J connectivity index is 2.26. The molecule has 1 heterocycles. The van der Waals surface area contributed by atoms with Crippen molar-refractivity contribution in [2.45, 2.75) is 4.90 Å². The third kappa shape index (κ3) is 2.39. The lowest BCUT2D eigenvalue weighted by molar-refractivity contribution is 0.602. The number of aromatic amines is 1. The normalized spacial score (nSPS) is 11.7. The molecule has 0 saturated carbocycles. The van der Waals surface area contributed by atoms with Crippen molar-refractivity contribution in [1.29, 1.82) is 0 Å². The molecule has 22 heavy (non-hydrogen) atoms. The minimum atomic E-state index is -3.29. The van der Waals surface area contributed by atoms with E-state index in [-0.39, 0.29) is 15.8 Å². The van der Waals surface area contributed by atoms with Gasteiger partial charge in [0.2, 0.25) is 0 Å². The summed E-state index contributed by atoms with van der Waals surface area (Å²) in [5, 5.41) is -0.118. The molecule has 3 aromatic rings. The predicted octanol–water partition coefficient (Wildman–Crippen LogP) is 2.13. The molecule has 7 heteroatoms. The zero-order valence-corrected chi connectivity index (χ0v) is 12.3. The Morgan fingerprint density at radius 3 is 2.41 bits per heavy atom. The van der Waals surface area contributed by atoms with Crippen molar-refractivity contribution >= 4 is 20.7 Å². The number of rotatable bonds is 2. The first-order valence-electron chi connectivity index (χ1n) is 6.34. The van der Waals surface area contributed by atoms with Crippen molar-refractivity contribution in [2.75, 3.05) is 6.26 Å². The van der Waals surface area contributed by atoms with E-state index >= 15 is 0 Å². The Morgan fingerprint density at radius 1 is 1.09 bits per heavy atom. The van der Waals surface area contributed by atoms with E-state index in [1.807, 2.05) is 0 Å². The van der Waals surface area contributed by atoms with Crippen LogP contribution in [0.3, 0.4) is 0 Å². The average molecular weight is 318 g/mol. The van der Waals surface area contributed by atoms with Crippen molar-refractivity contribution in [2.24, 2.45) is 0 Å². The maximum absolute atomic E-state index is 13.8. The Hall–Kier alpha value is -2.54. The highest BCUT2D eigenvalue weighted by atomic mass is 32.2. The van der Waals surface area contributed by atoms with Gasteiger partial charge in [0.15, 0.2) is 9.84 Å². The van der Waals surface area contributed by atoms with E-state index in [0.717, 1.165) is 6.26 Å². The fourth-order valence-electron chi connectivity index (χ4n) is 2.26. The first-order valence-corrected chi connectivity index (χ1v) is 8.23. The van der Waals surface area contributed by atoms with Gasteiger partial charge in [0, 0.05) is 11.8 Å². The van der Waals surface area contributed by atoms with Crippen molar-refractivity contribution in [1.82, 2.24) is 9.97 Å². The monoisotopic (exact) mass is 318 g/mol. The molecule has 0 aliphatic carbocycles. The van der Waals surface area contributed by atoms with Crippen molar-refractivity contribution in [3.63, 3.8) is 0 Å². The fraction of sp³-hybridized carbons (Fsp3) is 0.0667. The molecule has 0 bridgehead atoms. The Labute approximate surface area is 125 Å². The van der Waals surface area contributed by atoms with Gasteiger partial charge in [-0.3, -0.25) is 4.79 Å². The van der Waals surface area contributed by atoms with Gasteiger partial charge in [-0.15, -0.1) is 0 Å². The van der Waals surface area contributed by atoms with E-state index < -0.39 is 21.2 Å². The van der Waals surface area contributed by atoms with E-state index in [1.165, 1.54) is 30.6 Å². The number of hydrogen-bond acceptors (Lipinski definition) is 4. The molecule has 0 saturated heterocycles. The van der Waals surface area contributed by atoms with Crippen LogP contribution in [-0.4, -0.2) is 24.6 Å². The summed E-state index contributed by atoms with van der Waals surface area (Å²) in [7, 11) is -3.29. The number of H-pyrrole nitrogens is 1. The summed E-state index contributed by atoms with van der Waals surface area (Å²) in [5.41, 5.74) is 0.881. The van der Waals surface area contributed by atoms with Gasteiger partial charge in [0.25, 0.3) is 5.56 Å². The average Bonchev–Trinajstić information content (AvgIpc) is 2.47. The summed E-state index contributed by atoms with van der Waals surface area (Å²) in [6.45, 7) is 0. The zero-order valence-electron chi connectivity index (χ0n) is 11.5. The Morgan fingerprint density at radius 2 is 1.77 bits per heavy atom. The van der Waals surface area contributed by atoms with Crippen LogP contribution in [0.15, 0.2) is 52.4 Å². The first-order chi connectivity index (χ1) is 10.4. The summed E-state index contributed by atoms with van der Waals surface area (Å²) in [6, 6.07) is 8.84. The van der Waals surface area contributed by atoms with E-state index in [2.05, 4.69) is 9.97 Å². The highest BCUT2D eigenvalue weighted by Crippen LogP contribution is 2.27. The molecular formula is C15H11FN2O3S. The number of nitrogens with zero attached hydrogens (tertiary/aromatic N) is 1. The number of aromatic nitrogens is 2. The molecule has 0 unspecified atom stereocenters. The Kier molecular flexibility index (Phi) is 3.29. The number of hydrogen-bond donors (Lipinski definition) is 1. The second-order valence-corrected chi connectivity index (χ2v) is 6.86. The van der Waals surface area contributed by atoms with Crippen LogP contribution >= 0.6 is 0 Å². The van der Waals surface area contributed by atoms with Crippen LogP contribution in [0.2, 0.25) is 0 Å². The van der Waals surface area contributed by atoms with Crippen LogP contribution in [-0.2, 0) is 9.84 Å². The van der Waals surface area contributed by atoms with Gasteiger partial charge in [0.1, 0.15) is 11.2 Å². The van der Waals surface area contributed by atoms with Crippen LogP contribution in [0.5, 0.6) is 0 Å². The van der Waals surface area contributed by atoms with E-state index in [1.54, 1.807) is 12.1 Å². The molecule has 2 aromatic carbocycles. The Bertz CT molecular complexity index is 1020. The van der Waals surface area contributed by atoms with Crippen LogP contribution in [0.25, 0.3) is 22.0 Å². The standard InChI is InChI=1S/C15H11FN2O3S/c1-22(20,21)10-4-2-9(3-5-10)11-6-7-12(16)13-14(11)17-8-18-15(13)19/h2-8H,1H3,(H,17,18,19). The molecule has 0 aliphatic heterocycles. The summed E-state index contributed by atoms with van der Waals surface area (Å²) in [4.78, 5) is 18.3. The molecule has 0 amide bonds. The number of fused-ring (bicyclic) bond motifs is 1. The molecule has 112 valence electrons. The summed E-state index contributed by atoms with van der Waals surface area (Å²) < 4.78 is 36.8. The second-order valence-electron chi connectivity index (χ2n) is 4.85. The maximum atomic E-state index is 13.8. The third-order valence-corrected chi connectivity index (χ3v) is 4.47. The van der Waals surface area contributed by atoms with Crippen LogP contribution in [0.4, 0.5) is 4.39 Å². The fourth-order valence-corrected chi connectivity index (χ4v) is 2.89. The second kappa shape index (κ2) is 5.03. The van der Waals surface area contributed by atoms with E-state index in [9.17, 15) is 17.6 Å². The summed E-state index contributed by atoms with van der Waals surface area (Å²) in [5.74, 6) is -0.652. The number of halogens is 1. The topological polar surface area (TPSA) is 79.9 Å². The van der Waals surface area contributed by atoms with Crippen LogP contribution in [0, 0.1) is 5.82 Å². The lowest BCUT2D eigenvalue weighted by Crippen LogP contribution is -2.08. The molecule has 3 rings (SSSR count). The van der Waals surface area contributed by atoms with E-state index in [4.69, 9.17) is 0 Å². The number of nitrogens with one attached hydrogen (secondary N) is 1. The quantitative estimate of drug-likeness (QED) is 0.785. The first kappa shape index (κ1) is 14.4. The van der Waals surface area contributed by atoms with Gasteiger partial charge in [0.05, 0.1) is 16.7 Å². The molecule has 1 aromatic heterocycles. The summed E-state index contributed by atoms with van der Waals surface area (Å²) in [6.07, 6.45) is 2.33. The van der Waals surface area contributed by atoms with Gasteiger partial charge in [-0.1, -0.05) is 12.1 Å². The molecule has 1 N–H and O–H groups in total. The van der Waals surface area contributed by atoms with Gasteiger partial charge in [-0.25, -0.2) is 17.8 Å². The summed E-state index contributed by atoms with van der Waals surface area (Å²) >= 11 is 0. The van der Waals surface area contributed by atoms with Gasteiger partial charge < -0.3 is 4.98 Å². The predicted molar refractivity (Wildman–Crippen MR) is 80.9 cm³/mol. The van der Waals surface area contributed by atoms with Crippen molar-refractivity contribution in [3.8, 4) is 11.1 Å². The van der Waals surface area contributed by atoms with Crippen molar-refractivity contribution in [3.05, 3.63) is 58.9 Å². The maximum Gasteiger partial charge on any atom is 0.261 e.